The molecule has 0 aromatic rings. The number of likely N-dealkylation sites (tertiary alicyclic amines) is 1. The largest absolute Gasteiger partial charge is 0.393 e. The Kier molecular flexibility index (Phi) is 4.31. The Bertz CT molecular complexity index is 287. The van der Waals surface area contributed by atoms with Crippen molar-refractivity contribution in [3.63, 3.8) is 0 Å². The SMILES string of the molecule is CCC1(C(=O)N2CCC(C(C)O)CC2)CCCC1. The van der Waals surface area contributed by atoms with Crippen LogP contribution in [0.3, 0.4) is 0 Å². The van der Waals surface area contributed by atoms with Crippen LogP contribution >= 0.6 is 0 Å². The maximum absolute atomic E-state index is 12.7. The predicted molar refractivity (Wildman–Crippen MR) is 72.2 cm³/mol. The van der Waals surface area contributed by atoms with Gasteiger partial charge >= 0.3 is 0 Å². The Balaban J connectivity index is 1.94. The number of carbonyl (C=O) groups excluding carboxylic acids is 1. The molecule has 1 atom stereocenters. The van der Waals surface area contributed by atoms with E-state index in [-0.39, 0.29) is 11.5 Å². The molecule has 1 saturated heterocycles. The van der Waals surface area contributed by atoms with E-state index in [1.165, 1.54) is 12.8 Å². The summed E-state index contributed by atoms with van der Waals surface area (Å²) in [7, 11) is 0. The molecule has 1 saturated carbocycles. The maximum Gasteiger partial charge on any atom is 0.228 e. The van der Waals surface area contributed by atoms with Crippen LogP contribution in [-0.4, -0.2) is 35.1 Å². The zero-order chi connectivity index (χ0) is 13.2. The van der Waals surface area contributed by atoms with Gasteiger partial charge in [0.25, 0.3) is 0 Å². The number of carbonyl (C=O) groups is 1. The molecule has 0 spiro atoms. The van der Waals surface area contributed by atoms with Gasteiger partial charge in [0.15, 0.2) is 0 Å². The first-order valence-electron chi connectivity index (χ1n) is 7.56. The first kappa shape index (κ1) is 13.9. The van der Waals surface area contributed by atoms with Crippen molar-refractivity contribution >= 4 is 5.91 Å². The minimum Gasteiger partial charge on any atom is -0.393 e. The van der Waals surface area contributed by atoms with Gasteiger partial charge in [0.05, 0.1) is 6.10 Å². The number of aliphatic hydroxyl groups excluding tert-OH is 1. The van der Waals surface area contributed by atoms with E-state index < -0.39 is 0 Å². The smallest absolute Gasteiger partial charge is 0.228 e. The number of hydrogen-bond acceptors (Lipinski definition) is 2. The van der Waals surface area contributed by atoms with Gasteiger partial charge in [-0.1, -0.05) is 19.8 Å². The normalized spacial score (nSPS) is 26.3. The number of hydrogen-bond donors (Lipinski definition) is 1. The number of rotatable bonds is 3. The van der Waals surface area contributed by atoms with E-state index in [2.05, 4.69) is 11.8 Å². The van der Waals surface area contributed by atoms with Crippen molar-refractivity contribution in [3.05, 3.63) is 0 Å². The molecule has 1 N–H and O–H groups in total. The van der Waals surface area contributed by atoms with Gasteiger partial charge in [0.1, 0.15) is 0 Å². The Hall–Kier alpha value is -0.570. The molecule has 0 radical (unpaired) electrons. The molecule has 0 bridgehead atoms. The summed E-state index contributed by atoms with van der Waals surface area (Å²) in [6, 6.07) is 0. The van der Waals surface area contributed by atoms with E-state index in [0.29, 0.717) is 11.8 Å². The highest BCUT2D eigenvalue weighted by Crippen LogP contribution is 2.43. The van der Waals surface area contributed by atoms with Crippen LogP contribution in [0.1, 0.15) is 58.8 Å². The third-order valence-corrected chi connectivity index (χ3v) is 5.20. The third-order valence-electron chi connectivity index (χ3n) is 5.20. The van der Waals surface area contributed by atoms with Crippen LogP contribution in [0.25, 0.3) is 0 Å². The molecule has 1 unspecified atom stereocenters. The average molecular weight is 253 g/mol. The molecule has 104 valence electrons. The Morgan fingerprint density at radius 2 is 1.89 bits per heavy atom. The van der Waals surface area contributed by atoms with Crippen molar-refractivity contribution < 1.29 is 9.90 Å². The summed E-state index contributed by atoms with van der Waals surface area (Å²) in [5.41, 5.74) is -0.0440. The molecule has 0 aromatic heterocycles. The fourth-order valence-corrected chi connectivity index (χ4v) is 3.69. The number of aliphatic hydroxyl groups is 1. The Labute approximate surface area is 111 Å². The Morgan fingerprint density at radius 3 is 2.33 bits per heavy atom. The average Bonchev–Trinajstić information content (AvgIpc) is 2.88. The van der Waals surface area contributed by atoms with Crippen molar-refractivity contribution in [1.29, 1.82) is 0 Å². The minimum atomic E-state index is -0.228. The van der Waals surface area contributed by atoms with Crippen molar-refractivity contribution in [2.75, 3.05) is 13.1 Å². The lowest BCUT2D eigenvalue weighted by molar-refractivity contribution is -0.144. The quantitative estimate of drug-likeness (QED) is 0.840. The molecular weight excluding hydrogens is 226 g/mol. The fourth-order valence-electron chi connectivity index (χ4n) is 3.69. The van der Waals surface area contributed by atoms with Crippen LogP contribution in [0.15, 0.2) is 0 Å². The standard InChI is InChI=1S/C15H27NO2/c1-3-15(8-4-5-9-15)14(18)16-10-6-13(7-11-16)12(2)17/h12-13,17H,3-11H2,1-2H3. The van der Waals surface area contributed by atoms with Gasteiger partial charge in [0.2, 0.25) is 5.91 Å². The fraction of sp³-hybridized carbons (Fsp3) is 0.933. The van der Waals surface area contributed by atoms with Gasteiger partial charge < -0.3 is 10.0 Å². The summed E-state index contributed by atoms with van der Waals surface area (Å²) in [6.45, 7) is 5.71. The topological polar surface area (TPSA) is 40.5 Å². The van der Waals surface area contributed by atoms with Crippen molar-refractivity contribution in [1.82, 2.24) is 4.90 Å². The molecule has 1 heterocycles. The lowest BCUT2D eigenvalue weighted by atomic mass is 9.81. The third kappa shape index (κ3) is 2.56. The lowest BCUT2D eigenvalue weighted by Crippen LogP contribution is -2.47. The molecule has 1 amide bonds. The van der Waals surface area contributed by atoms with Crippen LogP contribution in [0.2, 0.25) is 0 Å². The molecule has 3 nitrogen and oxygen atoms in total. The van der Waals surface area contributed by atoms with Gasteiger partial charge in [0, 0.05) is 18.5 Å². The second-order valence-electron chi connectivity index (χ2n) is 6.21. The summed E-state index contributed by atoms with van der Waals surface area (Å²) in [4.78, 5) is 14.8. The number of piperidine rings is 1. The van der Waals surface area contributed by atoms with Crippen LogP contribution in [0, 0.1) is 11.3 Å². The minimum absolute atomic E-state index is 0.0440. The van der Waals surface area contributed by atoms with Gasteiger partial charge in [-0.15, -0.1) is 0 Å². The van der Waals surface area contributed by atoms with Gasteiger partial charge in [-0.3, -0.25) is 4.79 Å². The highest BCUT2D eigenvalue weighted by Gasteiger charge is 2.42. The molecule has 1 aliphatic heterocycles. The lowest BCUT2D eigenvalue weighted by Gasteiger charge is -2.38. The monoisotopic (exact) mass is 253 g/mol. The van der Waals surface area contributed by atoms with Crippen molar-refractivity contribution in [3.8, 4) is 0 Å². The summed E-state index contributed by atoms with van der Waals surface area (Å²) in [6.07, 6.45) is 7.27. The first-order valence-corrected chi connectivity index (χ1v) is 7.56. The van der Waals surface area contributed by atoms with E-state index >= 15 is 0 Å². The van der Waals surface area contributed by atoms with Gasteiger partial charge in [-0.25, -0.2) is 0 Å². The Morgan fingerprint density at radius 1 is 1.33 bits per heavy atom. The van der Waals surface area contributed by atoms with E-state index in [4.69, 9.17) is 0 Å². The van der Waals surface area contributed by atoms with E-state index in [0.717, 1.165) is 45.2 Å². The van der Waals surface area contributed by atoms with E-state index in [1.807, 2.05) is 6.92 Å². The van der Waals surface area contributed by atoms with Gasteiger partial charge in [-0.05, 0) is 44.9 Å². The van der Waals surface area contributed by atoms with Crippen LogP contribution in [0.5, 0.6) is 0 Å². The zero-order valence-electron chi connectivity index (χ0n) is 11.8. The summed E-state index contributed by atoms with van der Waals surface area (Å²) >= 11 is 0. The number of nitrogens with zero attached hydrogens (tertiary/aromatic N) is 1. The zero-order valence-corrected chi connectivity index (χ0v) is 11.8. The van der Waals surface area contributed by atoms with Crippen LogP contribution < -0.4 is 0 Å². The van der Waals surface area contributed by atoms with E-state index in [1.54, 1.807) is 0 Å². The second-order valence-corrected chi connectivity index (χ2v) is 6.21. The van der Waals surface area contributed by atoms with Gasteiger partial charge in [-0.2, -0.15) is 0 Å². The maximum atomic E-state index is 12.7. The molecule has 3 heteroatoms. The molecule has 18 heavy (non-hydrogen) atoms. The summed E-state index contributed by atoms with van der Waals surface area (Å²) < 4.78 is 0. The first-order chi connectivity index (χ1) is 8.59. The highest BCUT2D eigenvalue weighted by molar-refractivity contribution is 5.83. The predicted octanol–water partition coefficient (Wildman–Crippen LogP) is 2.58. The molecule has 1 aliphatic carbocycles. The summed E-state index contributed by atoms with van der Waals surface area (Å²) in [5.74, 6) is 0.779. The number of amides is 1. The molecule has 2 fully saturated rings. The molecule has 0 aromatic carbocycles. The van der Waals surface area contributed by atoms with Crippen molar-refractivity contribution in [2.45, 2.75) is 64.9 Å². The van der Waals surface area contributed by atoms with Crippen molar-refractivity contribution in [2.24, 2.45) is 11.3 Å². The second kappa shape index (κ2) is 5.60. The molecule has 2 rings (SSSR count). The summed E-state index contributed by atoms with van der Waals surface area (Å²) in [5, 5.41) is 9.61. The molecular formula is C15H27NO2. The van der Waals surface area contributed by atoms with E-state index in [9.17, 15) is 9.90 Å². The molecule has 2 aliphatic rings. The highest BCUT2D eigenvalue weighted by atomic mass is 16.3. The van der Waals surface area contributed by atoms with Crippen LogP contribution in [0.4, 0.5) is 0 Å². The van der Waals surface area contributed by atoms with Crippen LogP contribution in [-0.2, 0) is 4.79 Å².